The Morgan fingerprint density at radius 1 is 0.769 bits per heavy atom. The number of aromatic nitrogens is 3. The van der Waals surface area contributed by atoms with Gasteiger partial charge in [0.25, 0.3) is 0 Å². The second kappa shape index (κ2) is 12.6. The molecule has 1 aromatic rings. The molecule has 0 radical (unpaired) electrons. The lowest BCUT2D eigenvalue weighted by atomic mass is 10.4. The minimum absolute atomic E-state index is 0. The van der Waals surface area contributed by atoms with Crippen LogP contribution >= 0.6 is 57.2 Å². The molecule has 1 heterocycles. The number of nitrogens with zero attached hydrogens (tertiary/aromatic N) is 6. The molecule has 154 valence electrons. The summed E-state index contributed by atoms with van der Waals surface area (Å²) in [6.45, 7) is 5.42. The van der Waals surface area contributed by atoms with Gasteiger partial charge in [-0.05, 0) is 23.2 Å². The number of halogens is 4. The average molecular weight is 543 g/mol. The summed E-state index contributed by atoms with van der Waals surface area (Å²) in [5.74, 6) is 0. The Balaban J connectivity index is 0. The Bertz CT molecular complexity index is 488. The Morgan fingerprint density at radius 2 is 1.19 bits per heavy atom. The van der Waals surface area contributed by atoms with Crippen LogP contribution in [0.5, 0.6) is 6.01 Å². The molecule has 11 heteroatoms. The van der Waals surface area contributed by atoms with Gasteiger partial charge < -0.3 is 13.7 Å². The van der Waals surface area contributed by atoms with Crippen molar-refractivity contribution >= 4 is 57.2 Å². The van der Waals surface area contributed by atoms with Gasteiger partial charge in [-0.15, -0.1) is 34.0 Å². The van der Waals surface area contributed by atoms with E-state index in [9.17, 15) is 0 Å². The van der Waals surface area contributed by atoms with Crippen LogP contribution in [0.3, 0.4) is 0 Å². The van der Waals surface area contributed by atoms with E-state index in [1.807, 2.05) is 0 Å². The third-order valence-corrected chi connectivity index (χ3v) is 3.71. The van der Waals surface area contributed by atoms with Gasteiger partial charge in [0.05, 0.1) is 55.4 Å². The van der Waals surface area contributed by atoms with Gasteiger partial charge in [0.2, 0.25) is 10.6 Å². The van der Waals surface area contributed by atoms with Crippen LogP contribution in [0.4, 0.5) is 0 Å². The molecule has 0 aliphatic rings. The highest BCUT2D eigenvalue weighted by molar-refractivity contribution is 8.93. The van der Waals surface area contributed by atoms with Crippen molar-refractivity contribution in [3.8, 4) is 6.01 Å². The lowest BCUT2D eigenvalue weighted by molar-refractivity contribution is -0.872. The standard InChI is InChI=1S/C15H30Cl2N6O.2BrH/c1-22(2,3)10-7-21(8-11-23(4,5)6)9-12-24-15-19-13(16)18-14(17)20-15;;/h7-12H2,1-6H3;2*1H/q+2;;. The van der Waals surface area contributed by atoms with Crippen molar-refractivity contribution < 1.29 is 13.7 Å². The van der Waals surface area contributed by atoms with Gasteiger partial charge in [-0.25, -0.2) is 0 Å². The molecule has 0 amide bonds. The summed E-state index contributed by atoms with van der Waals surface area (Å²) in [5.41, 5.74) is 0. The van der Waals surface area contributed by atoms with E-state index in [0.29, 0.717) is 6.61 Å². The van der Waals surface area contributed by atoms with Crippen LogP contribution < -0.4 is 4.74 Å². The van der Waals surface area contributed by atoms with Crippen molar-refractivity contribution in [1.82, 2.24) is 19.9 Å². The average Bonchev–Trinajstić information content (AvgIpc) is 2.38. The molecule has 0 unspecified atom stereocenters. The molecule has 0 saturated heterocycles. The molecular weight excluding hydrogens is 511 g/mol. The van der Waals surface area contributed by atoms with E-state index >= 15 is 0 Å². The second-order valence-electron chi connectivity index (χ2n) is 7.87. The SMILES string of the molecule is Br.Br.C[N+](C)(C)CCN(CCOc1nc(Cl)nc(Cl)n1)CC[N+](C)(C)C. The van der Waals surface area contributed by atoms with Crippen molar-refractivity contribution in [2.45, 2.75) is 0 Å². The predicted molar refractivity (Wildman–Crippen MR) is 118 cm³/mol. The van der Waals surface area contributed by atoms with Gasteiger partial charge in [0.15, 0.2) is 0 Å². The zero-order valence-electron chi connectivity index (χ0n) is 16.4. The summed E-state index contributed by atoms with van der Waals surface area (Å²) < 4.78 is 7.44. The summed E-state index contributed by atoms with van der Waals surface area (Å²) >= 11 is 11.5. The summed E-state index contributed by atoms with van der Waals surface area (Å²) in [6.07, 6.45) is 0. The Hall–Kier alpha value is 0.230. The van der Waals surface area contributed by atoms with Crippen LogP contribution in [0.2, 0.25) is 10.6 Å². The van der Waals surface area contributed by atoms with Crippen LogP contribution in [-0.4, -0.2) is 110 Å². The number of ether oxygens (including phenoxy) is 1. The fraction of sp³-hybridized carbons (Fsp3) is 0.800. The maximum atomic E-state index is 5.75. The van der Waals surface area contributed by atoms with E-state index < -0.39 is 0 Å². The number of rotatable bonds is 10. The number of hydrogen-bond donors (Lipinski definition) is 0. The minimum Gasteiger partial charge on any atom is -0.462 e. The van der Waals surface area contributed by atoms with Gasteiger partial charge in [-0.2, -0.15) is 15.0 Å². The molecule has 0 atom stereocenters. The van der Waals surface area contributed by atoms with E-state index in [0.717, 1.165) is 41.7 Å². The molecule has 0 bridgehead atoms. The van der Waals surface area contributed by atoms with Crippen molar-refractivity contribution in [3.63, 3.8) is 0 Å². The van der Waals surface area contributed by atoms with E-state index in [1.165, 1.54) is 0 Å². The Morgan fingerprint density at radius 3 is 1.58 bits per heavy atom. The summed E-state index contributed by atoms with van der Waals surface area (Å²) in [5, 5.41) is 0.0776. The highest BCUT2D eigenvalue weighted by atomic mass is 79.9. The van der Waals surface area contributed by atoms with Crippen LogP contribution in [0.1, 0.15) is 0 Å². The lowest BCUT2D eigenvalue weighted by Gasteiger charge is -2.31. The number of likely N-dealkylation sites (N-methyl/N-ethyl adjacent to an activating group) is 2. The first-order chi connectivity index (χ1) is 10.9. The molecule has 0 aliphatic carbocycles. The molecule has 0 N–H and O–H groups in total. The number of quaternary nitrogens is 2. The van der Waals surface area contributed by atoms with Crippen molar-refractivity contribution in [2.75, 3.05) is 81.6 Å². The largest absolute Gasteiger partial charge is 0.462 e. The molecule has 1 rings (SSSR count). The van der Waals surface area contributed by atoms with Crippen LogP contribution in [0, 0.1) is 0 Å². The van der Waals surface area contributed by atoms with Gasteiger partial charge >= 0.3 is 6.01 Å². The molecule has 0 aliphatic heterocycles. The third-order valence-electron chi connectivity index (χ3n) is 3.37. The monoisotopic (exact) mass is 540 g/mol. The van der Waals surface area contributed by atoms with E-state index in [2.05, 4.69) is 62.1 Å². The van der Waals surface area contributed by atoms with Gasteiger partial charge in [-0.1, -0.05) is 0 Å². The highest BCUT2D eigenvalue weighted by Crippen LogP contribution is 2.11. The smallest absolute Gasteiger partial charge is 0.322 e. The fourth-order valence-electron chi connectivity index (χ4n) is 1.86. The van der Waals surface area contributed by atoms with Crippen molar-refractivity contribution in [2.24, 2.45) is 0 Å². The minimum atomic E-state index is 0. The predicted octanol–water partition coefficient (Wildman–Crippen LogP) is 2.43. The first kappa shape index (κ1) is 28.4. The molecule has 7 nitrogen and oxygen atoms in total. The van der Waals surface area contributed by atoms with Crippen LogP contribution in [0.25, 0.3) is 0 Å². The third kappa shape index (κ3) is 14.3. The highest BCUT2D eigenvalue weighted by Gasteiger charge is 2.16. The van der Waals surface area contributed by atoms with E-state index in [4.69, 9.17) is 27.9 Å². The Kier molecular flexibility index (Phi) is 13.8. The second-order valence-corrected chi connectivity index (χ2v) is 8.55. The molecule has 0 aromatic carbocycles. The fourth-order valence-corrected chi connectivity index (χ4v) is 2.21. The van der Waals surface area contributed by atoms with Gasteiger partial charge in [0.1, 0.15) is 6.61 Å². The first-order valence-electron chi connectivity index (χ1n) is 7.98. The van der Waals surface area contributed by atoms with E-state index in [1.54, 1.807) is 0 Å². The topological polar surface area (TPSA) is 51.1 Å². The molecule has 0 fully saturated rings. The van der Waals surface area contributed by atoms with Gasteiger partial charge in [0, 0.05) is 19.6 Å². The molecular formula is C15H32Br2Cl2N6O+2. The zero-order chi connectivity index (χ0) is 18.4. The maximum Gasteiger partial charge on any atom is 0.322 e. The molecule has 0 saturated carbocycles. The summed E-state index contributed by atoms with van der Waals surface area (Å²) in [7, 11) is 13.2. The lowest BCUT2D eigenvalue weighted by Crippen LogP contribution is -2.47. The molecule has 0 spiro atoms. The maximum absolute atomic E-state index is 5.75. The zero-order valence-corrected chi connectivity index (χ0v) is 21.3. The van der Waals surface area contributed by atoms with Crippen LogP contribution in [0.15, 0.2) is 0 Å². The normalized spacial score (nSPS) is 11.7. The van der Waals surface area contributed by atoms with Crippen molar-refractivity contribution in [3.05, 3.63) is 10.6 Å². The molecule has 26 heavy (non-hydrogen) atoms. The van der Waals surface area contributed by atoms with E-state index in [-0.39, 0.29) is 50.5 Å². The first-order valence-corrected chi connectivity index (χ1v) is 8.73. The molecule has 1 aromatic heterocycles. The Labute approximate surface area is 188 Å². The summed E-state index contributed by atoms with van der Waals surface area (Å²) in [6, 6.07) is 0.165. The van der Waals surface area contributed by atoms with Crippen molar-refractivity contribution in [1.29, 1.82) is 0 Å². The quantitative estimate of drug-likeness (QED) is 0.425. The van der Waals surface area contributed by atoms with Gasteiger partial charge in [-0.3, -0.25) is 4.90 Å². The van der Waals surface area contributed by atoms with Crippen LogP contribution in [-0.2, 0) is 0 Å². The number of hydrogen-bond acceptors (Lipinski definition) is 5. The summed E-state index contributed by atoms with van der Waals surface area (Å²) in [4.78, 5) is 13.9.